The van der Waals surface area contributed by atoms with Crippen molar-refractivity contribution in [1.82, 2.24) is 4.98 Å². The van der Waals surface area contributed by atoms with Gasteiger partial charge in [0, 0.05) is 6.20 Å². The summed E-state index contributed by atoms with van der Waals surface area (Å²) in [6, 6.07) is 11.4. The quantitative estimate of drug-likeness (QED) is 0.817. The molecule has 1 unspecified atom stereocenters. The first-order chi connectivity index (χ1) is 8.18. The molecule has 1 aromatic heterocycles. The van der Waals surface area contributed by atoms with Gasteiger partial charge in [0.15, 0.2) is 0 Å². The number of halogens is 1. The van der Waals surface area contributed by atoms with Crippen LogP contribution in [0.25, 0.3) is 0 Å². The minimum atomic E-state index is 0.0805. The zero-order chi connectivity index (χ0) is 12.3. The zero-order valence-electron chi connectivity index (χ0n) is 9.52. The number of nitrogen functional groups attached to an aromatic ring is 1. The van der Waals surface area contributed by atoms with Crippen molar-refractivity contribution in [2.24, 2.45) is 0 Å². The number of nitrogens with two attached hydrogens (primary N) is 1. The summed E-state index contributed by atoms with van der Waals surface area (Å²) >= 11 is 5.96. The molecule has 1 atom stereocenters. The van der Waals surface area contributed by atoms with Crippen molar-refractivity contribution in [3.63, 3.8) is 0 Å². The molecule has 3 N–H and O–H groups in total. The van der Waals surface area contributed by atoms with Gasteiger partial charge in [0.2, 0.25) is 0 Å². The minimum Gasteiger partial charge on any atom is -0.396 e. The van der Waals surface area contributed by atoms with Crippen molar-refractivity contribution in [3.05, 3.63) is 53.3 Å². The Hall–Kier alpha value is -1.74. The van der Waals surface area contributed by atoms with Gasteiger partial charge in [0.1, 0.15) is 0 Å². The Morgan fingerprint density at radius 1 is 1.24 bits per heavy atom. The van der Waals surface area contributed by atoms with Crippen LogP contribution in [-0.4, -0.2) is 4.98 Å². The Bertz CT molecular complexity index is 499. The van der Waals surface area contributed by atoms with Crippen LogP contribution < -0.4 is 11.1 Å². The molecule has 88 valence electrons. The van der Waals surface area contributed by atoms with Gasteiger partial charge >= 0.3 is 0 Å². The monoisotopic (exact) mass is 247 g/mol. The van der Waals surface area contributed by atoms with E-state index in [1.165, 1.54) is 0 Å². The van der Waals surface area contributed by atoms with Crippen LogP contribution in [0.5, 0.6) is 0 Å². The summed E-state index contributed by atoms with van der Waals surface area (Å²) < 4.78 is 0. The van der Waals surface area contributed by atoms with Gasteiger partial charge in [-0.25, -0.2) is 0 Å². The van der Waals surface area contributed by atoms with Crippen LogP contribution >= 0.6 is 11.6 Å². The van der Waals surface area contributed by atoms with Crippen molar-refractivity contribution in [3.8, 4) is 0 Å². The second-order valence-corrected chi connectivity index (χ2v) is 4.23. The van der Waals surface area contributed by atoms with Gasteiger partial charge in [-0.15, -0.1) is 0 Å². The molecule has 0 radical (unpaired) electrons. The van der Waals surface area contributed by atoms with E-state index in [9.17, 15) is 0 Å². The number of aromatic nitrogens is 1. The van der Waals surface area contributed by atoms with Crippen LogP contribution in [0.1, 0.15) is 18.7 Å². The first kappa shape index (κ1) is 11.7. The number of nitrogens with zero attached hydrogens (tertiary/aromatic N) is 1. The van der Waals surface area contributed by atoms with Crippen molar-refractivity contribution in [1.29, 1.82) is 0 Å². The normalized spacial score (nSPS) is 12.1. The third-order valence-corrected chi connectivity index (χ3v) is 2.89. The Morgan fingerprint density at radius 3 is 2.76 bits per heavy atom. The molecular formula is C13H14ClN3. The highest BCUT2D eigenvalue weighted by atomic mass is 35.5. The fraction of sp³-hybridized carbons (Fsp3) is 0.154. The van der Waals surface area contributed by atoms with Crippen molar-refractivity contribution in [2.45, 2.75) is 13.0 Å². The highest BCUT2D eigenvalue weighted by Crippen LogP contribution is 2.29. The van der Waals surface area contributed by atoms with Gasteiger partial charge in [-0.1, -0.05) is 23.7 Å². The highest BCUT2D eigenvalue weighted by molar-refractivity contribution is 6.33. The van der Waals surface area contributed by atoms with Gasteiger partial charge in [-0.2, -0.15) is 0 Å². The molecule has 0 bridgehead atoms. The van der Waals surface area contributed by atoms with E-state index in [0.717, 1.165) is 11.4 Å². The van der Waals surface area contributed by atoms with E-state index in [4.69, 9.17) is 17.3 Å². The number of benzene rings is 1. The predicted molar refractivity (Wildman–Crippen MR) is 72.1 cm³/mol. The lowest BCUT2D eigenvalue weighted by molar-refractivity contribution is 0.840. The second kappa shape index (κ2) is 5.06. The van der Waals surface area contributed by atoms with Crippen LogP contribution in [0.4, 0.5) is 11.4 Å². The predicted octanol–water partition coefficient (Wildman–Crippen LogP) is 3.49. The van der Waals surface area contributed by atoms with Crippen molar-refractivity contribution >= 4 is 23.0 Å². The number of anilines is 2. The van der Waals surface area contributed by atoms with Crippen LogP contribution in [0.3, 0.4) is 0 Å². The zero-order valence-corrected chi connectivity index (χ0v) is 10.3. The molecule has 0 saturated heterocycles. The van der Waals surface area contributed by atoms with Gasteiger partial charge in [-0.05, 0) is 31.2 Å². The Labute approximate surface area is 106 Å². The summed E-state index contributed by atoms with van der Waals surface area (Å²) in [5.74, 6) is 0. The minimum absolute atomic E-state index is 0.0805. The topological polar surface area (TPSA) is 50.9 Å². The van der Waals surface area contributed by atoms with Crippen LogP contribution in [-0.2, 0) is 0 Å². The fourth-order valence-corrected chi connectivity index (χ4v) is 1.78. The van der Waals surface area contributed by atoms with E-state index >= 15 is 0 Å². The maximum atomic E-state index is 5.96. The van der Waals surface area contributed by atoms with Crippen molar-refractivity contribution in [2.75, 3.05) is 11.1 Å². The van der Waals surface area contributed by atoms with Crippen LogP contribution in [0, 0.1) is 0 Å². The summed E-state index contributed by atoms with van der Waals surface area (Å²) in [4.78, 5) is 4.29. The first-order valence-electron chi connectivity index (χ1n) is 5.40. The van der Waals surface area contributed by atoms with Gasteiger partial charge in [0.25, 0.3) is 0 Å². The van der Waals surface area contributed by atoms with Crippen LogP contribution in [0.15, 0.2) is 42.6 Å². The lowest BCUT2D eigenvalue weighted by Gasteiger charge is -2.16. The molecule has 3 nitrogen and oxygen atoms in total. The van der Waals surface area contributed by atoms with E-state index in [-0.39, 0.29) is 6.04 Å². The molecule has 0 spiro atoms. The fourth-order valence-electron chi connectivity index (χ4n) is 1.60. The molecule has 2 aromatic rings. The number of pyridine rings is 1. The van der Waals surface area contributed by atoms with E-state index in [1.54, 1.807) is 12.3 Å². The lowest BCUT2D eigenvalue weighted by atomic mass is 10.2. The molecule has 0 aliphatic rings. The van der Waals surface area contributed by atoms with E-state index in [2.05, 4.69) is 10.3 Å². The maximum Gasteiger partial charge on any atom is 0.0739 e. The van der Waals surface area contributed by atoms with E-state index in [0.29, 0.717) is 10.7 Å². The molecule has 0 fully saturated rings. The number of hydrogen-bond acceptors (Lipinski definition) is 3. The van der Waals surface area contributed by atoms with Gasteiger partial charge in [-0.3, -0.25) is 4.98 Å². The molecule has 17 heavy (non-hydrogen) atoms. The molecule has 0 saturated carbocycles. The third kappa shape index (κ3) is 2.68. The lowest BCUT2D eigenvalue weighted by Crippen LogP contribution is -2.09. The number of para-hydroxylation sites is 1. The Morgan fingerprint density at radius 2 is 2.06 bits per heavy atom. The Kier molecular flexibility index (Phi) is 3.49. The third-order valence-electron chi connectivity index (χ3n) is 2.56. The van der Waals surface area contributed by atoms with E-state index in [1.807, 2.05) is 37.3 Å². The first-order valence-corrected chi connectivity index (χ1v) is 5.77. The smallest absolute Gasteiger partial charge is 0.0739 e. The van der Waals surface area contributed by atoms with Gasteiger partial charge in [0.05, 0.1) is 28.1 Å². The largest absolute Gasteiger partial charge is 0.396 e. The molecule has 4 heteroatoms. The standard InChI is InChI=1S/C13H14ClN3/c1-9(11-6-2-3-8-16-11)17-12-7-4-5-10(14)13(12)15/h2-9,17H,15H2,1H3. The average Bonchev–Trinajstić information content (AvgIpc) is 2.36. The average molecular weight is 248 g/mol. The highest BCUT2D eigenvalue weighted by Gasteiger charge is 2.09. The van der Waals surface area contributed by atoms with Crippen molar-refractivity contribution < 1.29 is 0 Å². The number of nitrogens with one attached hydrogen (secondary N) is 1. The Balaban J connectivity index is 2.19. The molecule has 1 aromatic carbocycles. The second-order valence-electron chi connectivity index (χ2n) is 3.82. The summed E-state index contributed by atoms with van der Waals surface area (Å²) in [7, 11) is 0. The van der Waals surface area contributed by atoms with Crippen LogP contribution in [0.2, 0.25) is 5.02 Å². The maximum absolute atomic E-state index is 5.96. The molecule has 2 rings (SSSR count). The SMILES string of the molecule is CC(Nc1cccc(Cl)c1N)c1ccccn1. The molecular weight excluding hydrogens is 234 g/mol. The summed E-state index contributed by atoms with van der Waals surface area (Å²) in [6.07, 6.45) is 1.77. The summed E-state index contributed by atoms with van der Waals surface area (Å²) in [5.41, 5.74) is 8.25. The molecule has 0 amide bonds. The van der Waals surface area contributed by atoms with Gasteiger partial charge < -0.3 is 11.1 Å². The number of hydrogen-bond donors (Lipinski definition) is 2. The number of rotatable bonds is 3. The summed E-state index contributed by atoms with van der Waals surface area (Å²) in [6.45, 7) is 2.03. The molecule has 1 heterocycles. The summed E-state index contributed by atoms with van der Waals surface area (Å²) in [5, 5.41) is 3.85. The van der Waals surface area contributed by atoms with E-state index < -0.39 is 0 Å². The molecule has 0 aliphatic carbocycles. The molecule has 0 aliphatic heterocycles.